The van der Waals surface area contributed by atoms with Crippen LogP contribution in [0.2, 0.25) is 0 Å². The molecule has 1 aliphatic carbocycles. The van der Waals surface area contributed by atoms with Crippen molar-refractivity contribution in [2.75, 3.05) is 14.2 Å². The standard InChI is InChI=1S/C13H19NO3/c1-8-11(16-2)4-9(5-12(8)17-3)13(14)6-10(15)7-13/h4-5,10,15H,6-7,14H2,1-3H3. The van der Waals surface area contributed by atoms with Crippen molar-refractivity contribution in [2.45, 2.75) is 31.4 Å². The molecular formula is C13H19NO3. The van der Waals surface area contributed by atoms with Gasteiger partial charge in [-0.15, -0.1) is 0 Å². The third kappa shape index (κ3) is 1.98. The molecule has 0 spiro atoms. The van der Waals surface area contributed by atoms with Gasteiger partial charge in [-0.3, -0.25) is 0 Å². The molecule has 0 aliphatic heterocycles. The minimum absolute atomic E-state index is 0.293. The summed E-state index contributed by atoms with van der Waals surface area (Å²) in [4.78, 5) is 0. The van der Waals surface area contributed by atoms with Crippen LogP contribution in [0.1, 0.15) is 24.0 Å². The van der Waals surface area contributed by atoms with E-state index in [1.54, 1.807) is 14.2 Å². The second-order valence-electron chi connectivity index (χ2n) is 4.72. The van der Waals surface area contributed by atoms with E-state index in [2.05, 4.69) is 0 Å². The first-order valence-electron chi connectivity index (χ1n) is 5.70. The predicted molar refractivity (Wildman–Crippen MR) is 65.4 cm³/mol. The minimum Gasteiger partial charge on any atom is -0.496 e. The van der Waals surface area contributed by atoms with Crippen LogP contribution >= 0.6 is 0 Å². The van der Waals surface area contributed by atoms with E-state index < -0.39 is 5.54 Å². The van der Waals surface area contributed by atoms with E-state index in [0.717, 1.165) is 22.6 Å². The fourth-order valence-corrected chi connectivity index (χ4v) is 2.39. The molecule has 0 unspecified atom stereocenters. The Kier molecular flexibility index (Phi) is 3.02. The molecule has 1 aromatic carbocycles. The van der Waals surface area contributed by atoms with Gasteiger partial charge >= 0.3 is 0 Å². The second kappa shape index (κ2) is 4.20. The highest BCUT2D eigenvalue weighted by atomic mass is 16.5. The normalized spacial score (nSPS) is 27.5. The molecule has 0 saturated heterocycles. The molecule has 4 heteroatoms. The van der Waals surface area contributed by atoms with E-state index in [0.29, 0.717) is 12.8 Å². The number of benzene rings is 1. The summed E-state index contributed by atoms with van der Waals surface area (Å²) < 4.78 is 10.6. The molecule has 0 bridgehead atoms. The Morgan fingerprint density at radius 1 is 1.24 bits per heavy atom. The van der Waals surface area contributed by atoms with E-state index in [4.69, 9.17) is 15.2 Å². The Bertz CT molecular complexity index is 400. The van der Waals surface area contributed by atoms with Gasteiger partial charge in [0.05, 0.1) is 20.3 Å². The van der Waals surface area contributed by atoms with Crippen LogP contribution < -0.4 is 15.2 Å². The lowest BCUT2D eigenvalue weighted by molar-refractivity contribution is 0.0207. The van der Waals surface area contributed by atoms with Gasteiger partial charge in [0.25, 0.3) is 0 Å². The van der Waals surface area contributed by atoms with E-state index in [1.807, 2.05) is 19.1 Å². The number of nitrogens with two attached hydrogens (primary N) is 1. The van der Waals surface area contributed by atoms with Crippen molar-refractivity contribution in [1.82, 2.24) is 0 Å². The van der Waals surface area contributed by atoms with Gasteiger partial charge in [-0.1, -0.05) is 0 Å². The van der Waals surface area contributed by atoms with Crippen molar-refractivity contribution in [2.24, 2.45) is 5.73 Å². The van der Waals surface area contributed by atoms with Crippen LogP contribution in [-0.2, 0) is 5.54 Å². The monoisotopic (exact) mass is 237 g/mol. The maximum atomic E-state index is 9.41. The Labute approximate surface area is 101 Å². The number of rotatable bonds is 3. The Balaban J connectivity index is 2.42. The van der Waals surface area contributed by atoms with Crippen molar-refractivity contribution in [3.05, 3.63) is 23.3 Å². The summed E-state index contributed by atoms with van der Waals surface area (Å²) >= 11 is 0. The zero-order valence-electron chi connectivity index (χ0n) is 10.5. The SMILES string of the molecule is COc1cc(C2(N)CC(O)C2)cc(OC)c1C. The first-order chi connectivity index (χ1) is 8.00. The van der Waals surface area contributed by atoms with Crippen LogP contribution in [0.5, 0.6) is 11.5 Å². The van der Waals surface area contributed by atoms with Crippen LogP contribution in [0.3, 0.4) is 0 Å². The molecular weight excluding hydrogens is 218 g/mol. The highest BCUT2D eigenvalue weighted by Crippen LogP contribution is 2.42. The van der Waals surface area contributed by atoms with Crippen molar-refractivity contribution in [3.63, 3.8) is 0 Å². The summed E-state index contributed by atoms with van der Waals surface area (Å²) in [6, 6.07) is 3.87. The highest BCUT2D eigenvalue weighted by molar-refractivity contribution is 5.49. The van der Waals surface area contributed by atoms with E-state index in [-0.39, 0.29) is 6.10 Å². The molecule has 0 atom stereocenters. The molecule has 3 N–H and O–H groups in total. The van der Waals surface area contributed by atoms with Gasteiger partial charge in [0, 0.05) is 11.1 Å². The molecule has 0 aromatic heterocycles. The lowest BCUT2D eigenvalue weighted by atomic mass is 9.70. The summed E-state index contributed by atoms with van der Waals surface area (Å²) in [5.74, 6) is 1.54. The number of hydrogen-bond donors (Lipinski definition) is 2. The lowest BCUT2D eigenvalue weighted by Gasteiger charge is -2.43. The topological polar surface area (TPSA) is 64.7 Å². The molecule has 0 radical (unpaired) electrons. The van der Waals surface area contributed by atoms with Crippen molar-refractivity contribution in [1.29, 1.82) is 0 Å². The largest absolute Gasteiger partial charge is 0.496 e. The minimum atomic E-state index is -0.451. The van der Waals surface area contributed by atoms with Crippen LogP contribution in [0.25, 0.3) is 0 Å². The molecule has 1 saturated carbocycles. The van der Waals surface area contributed by atoms with Crippen LogP contribution in [0.15, 0.2) is 12.1 Å². The van der Waals surface area contributed by atoms with Gasteiger partial charge in [0.1, 0.15) is 11.5 Å². The smallest absolute Gasteiger partial charge is 0.125 e. The molecule has 0 heterocycles. The fraction of sp³-hybridized carbons (Fsp3) is 0.538. The Morgan fingerprint density at radius 2 is 1.71 bits per heavy atom. The van der Waals surface area contributed by atoms with Gasteiger partial charge in [-0.2, -0.15) is 0 Å². The average molecular weight is 237 g/mol. The van der Waals surface area contributed by atoms with Crippen molar-refractivity contribution >= 4 is 0 Å². The fourth-order valence-electron chi connectivity index (χ4n) is 2.39. The maximum absolute atomic E-state index is 9.41. The number of hydrogen-bond acceptors (Lipinski definition) is 4. The van der Waals surface area contributed by atoms with E-state index >= 15 is 0 Å². The van der Waals surface area contributed by atoms with Crippen LogP contribution in [-0.4, -0.2) is 25.4 Å². The maximum Gasteiger partial charge on any atom is 0.125 e. The third-order valence-corrected chi connectivity index (χ3v) is 3.53. The molecule has 4 nitrogen and oxygen atoms in total. The molecule has 1 aliphatic rings. The van der Waals surface area contributed by atoms with Gasteiger partial charge in [-0.25, -0.2) is 0 Å². The Hall–Kier alpha value is -1.26. The number of aliphatic hydroxyl groups excluding tert-OH is 1. The van der Waals surface area contributed by atoms with Crippen molar-refractivity contribution in [3.8, 4) is 11.5 Å². The summed E-state index contributed by atoms with van der Waals surface area (Å²) in [7, 11) is 3.26. The molecule has 94 valence electrons. The van der Waals surface area contributed by atoms with Crippen LogP contribution in [0, 0.1) is 6.92 Å². The zero-order chi connectivity index (χ0) is 12.6. The third-order valence-electron chi connectivity index (χ3n) is 3.53. The average Bonchev–Trinajstić information content (AvgIpc) is 2.27. The van der Waals surface area contributed by atoms with Gasteiger partial charge in [-0.05, 0) is 37.5 Å². The first-order valence-corrected chi connectivity index (χ1v) is 5.70. The van der Waals surface area contributed by atoms with Crippen molar-refractivity contribution < 1.29 is 14.6 Å². The summed E-state index contributed by atoms with van der Waals surface area (Å²) in [6.45, 7) is 1.94. The quantitative estimate of drug-likeness (QED) is 0.832. The van der Waals surface area contributed by atoms with E-state index in [1.165, 1.54) is 0 Å². The number of aliphatic hydroxyl groups is 1. The van der Waals surface area contributed by atoms with Gasteiger partial charge in [0.2, 0.25) is 0 Å². The molecule has 0 amide bonds. The number of ether oxygens (including phenoxy) is 2. The lowest BCUT2D eigenvalue weighted by Crippen LogP contribution is -2.51. The first kappa shape index (κ1) is 12.2. The summed E-state index contributed by atoms with van der Waals surface area (Å²) in [6.07, 6.45) is 0.878. The summed E-state index contributed by atoms with van der Waals surface area (Å²) in [5, 5.41) is 9.41. The van der Waals surface area contributed by atoms with E-state index in [9.17, 15) is 5.11 Å². The molecule has 1 fully saturated rings. The zero-order valence-corrected chi connectivity index (χ0v) is 10.5. The van der Waals surface area contributed by atoms with Gasteiger partial charge in [0.15, 0.2) is 0 Å². The second-order valence-corrected chi connectivity index (χ2v) is 4.72. The molecule has 2 rings (SSSR count). The molecule has 17 heavy (non-hydrogen) atoms. The highest BCUT2D eigenvalue weighted by Gasteiger charge is 2.42. The summed E-state index contributed by atoms with van der Waals surface area (Å²) in [5.41, 5.74) is 7.71. The molecule has 1 aromatic rings. The Morgan fingerprint density at radius 3 is 2.06 bits per heavy atom. The number of methoxy groups -OCH3 is 2. The van der Waals surface area contributed by atoms with Crippen LogP contribution in [0.4, 0.5) is 0 Å². The van der Waals surface area contributed by atoms with Gasteiger partial charge < -0.3 is 20.3 Å². The predicted octanol–water partition coefficient (Wildman–Crippen LogP) is 1.32.